The zero-order valence-corrected chi connectivity index (χ0v) is 13.2. The number of benzene rings is 1. The second kappa shape index (κ2) is 8.35. The van der Waals surface area contributed by atoms with Crippen molar-refractivity contribution >= 4 is 17.3 Å². The van der Waals surface area contributed by atoms with E-state index in [4.69, 9.17) is 25.6 Å². The van der Waals surface area contributed by atoms with Gasteiger partial charge in [0, 0.05) is 13.2 Å². The third-order valence-corrected chi connectivity index (χ3v) is 3.66. The average molecular weight is 337 g/mol. The van der Waals surface area contributed by atoms with Crippen LogP contribution in [0.15, 0.2) is 29.5 Å². The van der Waals surface area contributed by atoms with Crippen molar-refractivity contribution < 1.29 is 14.6 Å². The highest BCUT2D eigenvalue weighted by molar-refractivity contribution is 5.91. The predicted octanol–water partition coefficient (Wildman–Crippen LogP) is 2.21. The van der Waals surface area contributed by atoms with Gasteiger partial charge in [-0.15, -0.1) is 0 Å². The summed E-state index contributed by atoms with van der Waals surface area (Å²) in [4.78, 5) is 11.2. The molecule has 1 aliphatic heterocycles. The van der Waals surface area contributed by atoms with Gasteiger partial charge in [-0.2, -0.15) is 15.8 Å². The zero-order chi connectivity index (χ0) is 18.2. The molecule has 1 atom stereocenters. The molecular weight excluding hydrogens is 322 g/mol. The maximum absolute atomic E-state index is 11.2. The Morgan fingerprint density at radius 3 is 2.56 bits per heavy atom. The first kappa shape index (κ1) is 17.8. The number of ether oxygens (including phenoxy) is 1. The van der Waals surface area contributed by atoms with E-state index in [0.717, 1.165) is 12.8 Å². The molecule has 1 unspecified atom stereocenters. The largest absolute Gasteiger partial charge is 0.478 e. The van der Waals surface area contributed by atoms with Crippen LogP contribution in [0, 0.1) is 34.0 Å². The lowest BCUT2D eigenvalue weighted by Crippen LogP contribution is -2.19. The maximum Gasteiger partial charge on any atom is 0.335 e. The van der Waals surface area contributed by atoms with Crippen LogP contribution in [0.1, 0.15) is 23.2 Å². The van der Waals surface area contributed by atoms with E-state index in [-0.39, 0.29) is 28.6 Å². The molecule has 0 spiro atoms. The summed E-state index contributed by atoms with van der Waals surface area (Å²) in [5.41, 5.74) is 0.222. The number of allylic oxidation sites excluding steroid dienone is 2. The van der Waals surface area contributed by atoms with Gasteiger partial charge >= 0.3 is 5.97 Å². The van der Waals surface area contributed by atoms with Gasteiger partial charge in [-0.25, -0.2) is 4.79 Å². The van der Waals surface area contributed by atoms with Crippen LogP contribution < -0.4 is 10.6 Å². The number of carbonyl (C=O) groups is 1. The molecule has 0 aliphatic carbocycles. The maximum atomic E-state index is 11.2. The van der Waals surface area contributed by atoms with Crippen molar-refractivity contribution in [2.75, 3.05) is 23.8 Å². The van der Waals surface area contributed by atoms with Gasteiger partial charge in [-0.05, 0) is 31.0 Å². The Hall–Kier alpha value is -3.54. The Morgan fingerprint density at radius 1 is 1.24 bits per heavy atom. The summed E-state index contributed by atoms with van der Waals surface area (Å²) >= 11 is 0. The third-order valence-electron chi connectivity index (χ3n) is 3.66. The fourth-order valence-corrected chi connectivity index (χ4v) is 2.38. The van der Waals surface area contributed by atoms with Gasteiger partial charge in [0.1, 0.15) is 23.9 Å². The van der Waals surface area contributed by atoms with Crippen LogP contribution in [0.25, 0.3) is 0 Å². The molecule has 0 bridgehead atoms. The first-order valence-corrected chi connectivity index (χ1v) is 7.53. The summed E-state index contributed by atoms with van der Waals surface area (Å²) in [5, 5.41) is 42.0. The lowest BCUT2D eigenvalue weighted by Gasteiger charge is -2.16. The van der Waals surface area contributed by atoms with Gasteiger partial charge in [0.25, 0.3) is 0 Å². The summed E-state index contributed by atoms with van der Waals surface area (Å²) in [5.74, 6) is -1.13. The highest BCUT2D eigenvalue weighted by Crippen LogP contribution is 2.26. The van der Waals surface area contributed by atoms with Crippen molar-refractivity contribution in [2.24, 2.45) is 0 Å². The molecule has 3 N–H and O–H groups in total. The molecule has 8 nitrogen and oxygen atoms in total. The minimum absolute atomic E-state index is 0.0120. The number of aromatic carboxylic acids is 1. The molecule has 1 aromatic rings. The van der Waals surface area contributed by atoms with Gasteiger partial charge in [-0.1, -0.05) is 0 Å². The van der Waals surface area contributed by atoms with E-state index in [2.05, 4.69) is 10.6 Å². The molecule has 0 aromatic heterocycles. The summed E-state index contributed by atoms with van der Waals surface area (Å²) in [6.07, 6.45) is 1.98. The van der Waals surface area contributed by atoms with E-state index in [9.17, 15) is 4.79 Å². The second-order valence-electron chi connectivity index (χ2n) is 5.29. The average Bonchev–Trinajstić information content (AvgIpc) is 3.13. The number of rotatable bonds is 6. The Balaban J connectivity index is 2.32. The van der Waals surface area contributed by atoms with Crippen molar-refractivity contribution in [3.63, 3.8) is 0 Å². The second-order valence-corrected chi connectivity index (χ2v) is 5.29. The molecule has 2 rings (SSSR count). The molecule has 0 saturated carbocycles. The fraction of sp³-hybridized carbons (Fsp3) is 0.294. The summed E-state index contributed by atoms with van der Waals surface area (Å²) < 4.78 is 5.53. The van der Waals surface area contributed by atoms with Crippen LogP contribution in [0.3, 0.4) is 0 Å². The minimum Gasteiger partial charge on any atom is -0.478 e. The number of hydrogen-bond donors (Lipinski definition) is 3. The molecule has 1 aromatic carbocycles. The molecule has 126 valence electrons. The topological polar surface area (TPSA) is 142 Å². The van der Waals surface area contributed by atoms with Crippen molar-refractivity contribution in [1.82, 2.24) is 0 Å². The van der Waals surface area contributed by atoms with Crippen LogP contribution in [-0.2, 0) is 4.74 Å². The van der Waals surface area contributed by atoms with Crippen molar-refractivity contribution in [2.45, 2.75) is 18.9 Å². The van der Waals surface area contributed by atoms with E-state index in [0.29, 0.717) is 18.8 Å². The Bertz CT molecular complexity index is 804. The van der Waals surface area contributed by atoms with E-state index in [1.165, 1.54) is 12.1 Å². The van der Waals surface area contributed by atoms with Gasteiger partial charge < -0.3 is 20.5 Å². The van der Waals surface area contributed by atoms with Crippen molar-refractivity contribution in [3.8, 4) is 18.2 Å². The number of nitrogens with zero attached hydrogens (tertiary/aromatic N) is 3. The summed E-state index contributed by atoms with van der Waals surface area (Å²) in [6.45, 7) is 1.24. The molecular formula is C17H15N5O3. The highest BCUT2D eigenvalue weighted by atomic mass is 16.5. The van der Waals surface area contributed by atoms with Gasteiger partial charge in [0.05, 0.1) is 23.0 Å². The monoisotopic (exact) mass is 337 g/mol. The van der Waals surface area contributed by atoms with E-state index >= 15 is 0 Å². The molecule has 0 amide bonds. The standard InChI is InChI=1S/C17H15N5O3/c18-7-12(8-19)16(9-20)22-15-6-11(17(23)24)3-4-14(15)21-10-13-2-1-5-25-13/h3-4,6,13,21-22H,1-2,5,10H2,(H,23,24). The number of nitriles is 3. The van der Waals surface area contributed by atoms with Gasteiger partial charge in [0.2, 0.25) is 0 Å². The summed E-state index contributed by atoms with van der Waals surface area (Å²) in [7, 11) is 0. The number of anilines is 2. The van der Waals surface area contributed by atoms with E-state index in [1.54, 1.807) is 24.3 Å². The lowest BCUT2D eigenvalue weighted by molar-refractivity contribution is 0.0697. The number of hydrogen-bond acceptors (Lipinski definition) is 7. The molecule has 25 heavy (non-hydrogen) atoms. The molecule has 8 heteroatoms. The number of carboxylic acid groups (broad SMARTS) is 1. The first-order chi connectivity index (χ1) is 12.1. The Labute approximate surface area is 144 Å². The van der Waals surface area contributed by atoms with Crippen LogP contribution in [0.2, 0.25) is 0 Å². The quantitative estimate of drug-likeness (QED) is 0.671. The predicted molar refractivity (Wildman–Crippen MR) is 88.4 cm³/mol. The fourth-order valence-electron chi connectivity index (χ4n) is 2.38. The molecule has 1 fully saturated rings. The van der Waals surface area contributed by atoms with Crippen LogP contribution >= 0.6 is 0 Å². The molecule has 1 saturated heterocycles. The van der Waals surface area contributed by atoms with E-state index < -0.39 is 5.97 Å². The van der Waals surface area contributed by atoms with Crippen LogP contribution in [0.5, 0.6) is 0 Å². The highest BCUT2D eigenvalue weighted by Gasteiger charge is 2.17. The lowest BCUT2D eigenvalue weighted by atomic mass is 10.1. The SMILES string of the molecule is N#CC(C#N)=C(C#N)Nc1cc(C(=O)O)ccc1NCC1CCCO1. The van der Waals surface area contributed by atoms with Crippen LogP contribution in [0.4, 0.5) is 11.4 Å². The van der Waals surface area contributed by atoms with Gasteiger partial charge in [-0.3, -0.25) is 0 Å². The molecule has 1 heterocycles. The minimum atomic E-state index is -1.13. The molecule has 0 radical (unpaired) electrons. The smallest absolute Gasteiger partial charge is 0.335 e. The van der Waals surface area contributed by atoms with Crippen molar-refractivity contribution in [1.29, 1.82) is 15.8 Å². The van der Waals surface area contributed by atoms with E-state index in [1.807, 2.05) is 0 Å². The zero-order valence-electron chi connectivity index (χ0n) is 13.2. The Morgan fingerprint density at radius 2 is 2.00 bits per heavy atom. The Kier molecular flexibility index (Phi) is 5.95. The normalized spacial score (nSPS) is 15.3. The van der Waals surface area contributed by atoms with Crippen molar-refractivity contribution in [3.05, 3.63) is 35.0 Å². The van der Waals surface area contributed by atoms with Crippen LogP contribution in [-0.4, -0.2) is 30.3 Å². The third kappa shape index (κ3) is 4.48. The molecule has 1 aliphatic rings. The number of carboxylic acids is 1. The summed E-state index contributed by atoms with van der Waals surface area (Å²) in [6, 6.07) is 9.34. The first-order valence-electron chi connectivity index (χ1n) is 7.53. The number of nitrogens with one attached hydrogen (secondary N) is 2. The van der Waals surface area contributed by atoms with Gasteiger partial charge in [0.15, 0.2) is 5.57 Å².